The zero-order chi connectivity index (χ0) is 20.1. The van der Waals surface area contributed by atoms with Crippen LogP contribution < -0.4 is 14.8 Å². The maximum atomic E-state index is 12.7. The van der Waals surface area contributed by atoms with Crippen LogP contribution in [0.3, 0.4) is 0 Å². The molecule has 2 aromatic carbocycles. The molecule has 0 aliphatic heterocycles. The minimum Gasteiger partial charge on any atom is -0.496 e. The molecule has 0 saturated carbocycles. The van der Waals surface area contributed by atoms with Crippen LogP contribution in [0.15, 0.2) is 54.9 Å². The van der Waals surface area contributed by atoms with Crippen molar-refractivity contribution in [3.63, 3.8) is 0 Å². The predicted octanol–water partition coefficient (Wildman–Crippen LogP) is 3.33. The summed E-state index contributed by atoms with van der Waals surface area (Å²) in [6.45, 7) is 3.86. The molecule has 146 valence electrons. The number of benzene rings is 2. The van der Waals surface area contributed by atoms with Crippen LogP contribution in [-0.4, -0.2) is 29.2 Å². The van der Waals surface area contributed by atoms with Gasteiger partial charge in [0, 0.05) is 25.0 Å². The van der Waals surface area contributed by atoms with Crippen LogP contribution in [0.2, 0.25) is 0 Å². The van der Waals surface area contributed by atoms with Gasteiger partial charge in [-0.1, -0.05) is 30.3 Å². The van der Waals surface area contributed by atoms with Gasteiger partial charge in [-0.05, 0) is 37.1 Å². The summed E-state index contributed by atoms with van der Waals surface area (Å²) < 4.78 is 13.1. The van der Waals surface area contributed by atoms with Crippen LogP contribution in [0, 0.1) is 13.8 Å². The lowest BCUT2D eigenvalue weighted by atomic mass is 10.0. The van der Waals surface area contributed by atoms with Crippen molar-refractivity contribution in [1.29, 1.82) is 0 Å². The van der Waals surface area contributed by atoms with Crippen molar-refractivity contribution in [2.24, 2.45) is 7.05 Å². The Morgan fingerprint density at radius 2 is 1.96 bits per heavy atom. The Hall–Kier alpha value is -3.28. The molecule has 1 N–H and O–H groups in total. The van der Waals surface area contributed by atoms with E-state index < -0.39 is 6.04 Å². The molecule has 0 bridgehead atoms. The molecule has 3 rings (SSSR count). The summed E-state index contributed by atoms with van der Waals surface area (Å²) in [5.74, 6) is 1.87. The van der Waals surface area contributed by atoms with E-state index in [2.05, 4.69) is 10.3 Å². The summed E-state index contributed by atoms with van der Waals surface area (Å²) in [6.07, 6.45) is 3.55. The molecule has 0 saturated heterocycles. The third kappa shape index (κ3) is 4.34. The number of hydrogen-bond acceptors (Lipinski definition) is 4. The molecule has 0 spiro atoms. The quantitative estimate of drug-likeness (QED) is 0.684. The van der Waals surface area contributed by atoms with Gasteiger partial charge in [0.25, 0.3) is 5.91 Å². The van der Waals surface area contributed by atoms with E-state index in [-0.39, 0.29) is 12.5 Å². The highest BCUT2D eigenvalue weighted by atomic mass is 16.5. The average molecular weight is 379 g/mol. The minimum absolute atomic E-state index is 0.0830. The zero-order valence-corrected chi connectivity index (χ0v) is 16.6. The third-order valence-corrected chi connectivity index (χ3v) is 4.57. The van der Waals surface area contributed by atoms with E-state index in [9.17, 15) is 4.79 Å². The normalized spacial score (nSPS) is 11.7. The van der Waals surface area contributed by atoms with Crippen LogP contribution in [-0.2, 0) is 11.8 Å². The van der Waals surface area contributed by atoms with E-state index in [4.69, 9.17) is 9.47 Å². The standard InChI is InChI=1S/C22H25N3O3/c1-15-9-10-16(2)19(13-15)28-14-20(26)24-21(22-23-11-12-25(22)3)17-7-5-6-8-18(17)27-4/h5-13,21H,14H2,1-4H3,(H,24,26). The van der Waals surface area contributed by atoms with Gasteiger partial charge in [-0.25, -0.2) is 4.98 Å². The molecule has 0 aliphatic carbocycles. The molecule has 0 radical (unpaired) electrons. The molecular weight excluding hydrogens is 354 g/mol. The monoisotopic (exact) mass is 379 g/mol. The van der Waals surface area contributed by atoms with Crippen LogP contribution >= 0.6 is 0 Å². The molecule has 1 atom stereocenters. The van der Waals surface area contributed by atoms with Gasteiger partial charge in [0.2, 0.25) is 0 Å². The number of aryl methyl sites for hydroxylation is 3. The molecule has 1 unspecified atom stereocenters. The van der Waals surface area contributed by atoms with Gasteiger partial charge in [-0.15, -0.1) is 0 Å². The van der Waals surface area contributed by atoms with Crippen molar-refractivity contribution in [1.82, 2.24) is 14.9 Å². The Morgan fingerprint density at radius 3 is 2.68 bits per heavy atom. The van der Waals surface area contributed by atoms with E-state index >= 15 is 0 Å². The van der Waals surface area contributed by atoms with Gasteiger partial charge >= 0.3 is 0 Å². The Morgan fingerprint density at radius 1 is 1.18 bits per heavy atom. The van der Waals surface area contributed by atoms with Crippen molar-refractivity contribution in [2.75, 3.05) is 13.7 Å². The van der Waals surface area contributed by atoms with Gasteiger partial charge in [0.15, 0.2) is 6.61 Å². The highest BCUT2D eigenvalue weighted by Crippen LogP contribution is 2.29. The number of hydrogen-bond donors (Lipinski definition) is 1. The number of carbonyl (C=O) groups is 1. The van der Waals surface area contributed by atoms with Crippen molar-refractivity contribution >= 4 is 5.91 Å². The lowest BCUT2D eigenvalue weighted by Crippen LogP contribution is -2.34. The van der Waals surface area contributed by atoms with Crippen molar-refractivity contribution in [2.45, 2.75) is 19.9 Å². The summed E-state index contributed by atoms with van der Waals surface area (Å²) >= 11 is 0. The molecule has 1 aromatic heterocycles. The van der Waals surface area contributed by atoms with E-state index in [0.29, 0.717) is 17.3 Å². The second-order valence-electron chi connectivity index (χ2n) is 6.70. The van der Waals surface area contributed by atoms with Gasteiger partial charge in [0.1, 0.15) is 23.4 Å². The number of methoxy groups -OCH3 is 1. The van der Waals surface area contributed by atoms with Crippen LogP contribution in [0.4, 0.5) is 0 Å². The van der Waals surface area contributed by atoms with Gasteiger partial charge in [-0.2, -0.15) is 0 Å². The van der Waals surface area contributed by atoms with Crippen molar-refractivity contribution in [3.8, 4) is 11.5 Å². The summed E-state index contributed by atoms with van der Waals surface area (Å²) in [4.78, 5) is 17.1. The second-order valence-corrected chi connectivity index (χ2v) is 6.70. The lowest BCUT2D eigenvalue weighted by Gasteiger charge is -2.21. The Balaban J connectivity index is 1.81. The van der Waals surface area contributed by atoms with Gasteiger partial charge < -0.3 is 19.4 Å². The molecule has 6 heteroatoms. The molecule has 28 heavy (non-hydrogen) atoms. The molecule has 1 amide bonds. The molecule has 3 aromatic rings. The maximum absolute atomic E-state index is 12.7. The Bertz CT molecular complexity index is 965. The largest absolute Gasteiger partial charge is 0.496 e. The number of ether oxygens (including phenoxy) is 2. The average Bonchev–Trinajstić information content (AvgIpc) is 3.12. The first-order valence-corrected chi connectivity index (χ1v) is 9.09. The first-order chi connectivity index (χ1) is 13.5. The Labute approximate surface area is 165 Å². The molecular formula is C22H25N3O3. The molecule has 1 heterocycles. The van der Waals surface area contributed by atoms with Gasteiger partial charge in [0.05, 0.1) is 7.11 Å². The van der Waals surface area contributed by atoms with E-state index in [1.807, 2.05) is 74.1 Å². The van der Waals surface area contributed by atoms with E-state index in [0.717, 1.165) is 16.7 Å². The second kappa shape index (κ2) is 8.61. The number of nitrogens with one attached hydrogen (secondary N) is 1. The molecule has 0 aliphatic rings. The SMILES string of the molecule is COc1ccccc1C(NC(=O)COc1cc(C)ccc1C)c1nccn1C. The highest BCUT2D eigenvalue weighted by molar-refractivity contribution is 5.78. The number of aromatic nitrogens is 2. The van der Waals surface area contributed by atoms with Crippen molar-refractivity contribution in [3.05, 3.63) is 77.4 Å². The fourth-order valence-electron chi connectivity index (χ4n) is 3.05. The summed E-state index contributed by atoms with van der Waals surface area (Å²) in [6, 6.07) is 13.1. The lowest BCUT2D eigenvalue weighted by molar-refractivity contribution is -0.123. The number of amides is 1. The van der Waals surface area contributed by atoms with E-state index in [1.54, 1.807) is 13.3 Å². The topological polar surface area (TPSA) is 65.4 Å². The molecule has 6 nitrogen and oxygen atoms in total. The van der Waals surface area contributed by atoms with Gasteiger partial charge in [-0.3, -0.25) is 4.79 Å². The maximum Gasteiger partial charge on any atom is 0.258 e. The number of para-hydroxylation sites is 1. The summed E-state index contributed by atoms with van der Waals surface area (Å²) in [7, 11) is 3.50. The predicted molar refractivity (Wildman–Crippen MR) is 108 cm³/mol. The fourth-order valence-corrected chi connectivity index (χ4v) is 3.05. The first kappa shape index (κ1) is 19.5. The zero-order valence-electron chi connectivity index (χ0n) is 16.6. The minimum atomic E-state index is -0.453. The van der Waals surface area contributed by atoms with Crippen molar-refractivity contribution < 1.29 is 14.3 Å². The number of carbonyl (C=O) groups excluding carboxylic acids is 1. The number of rotatable bonds is 7. The van der Waals surface area contributed by atoms with Crippen LogP contribution in [0.5, 0.6) is 11.5 Å². The number of imidazole rings is 1. The fraction of sp³-hybridized carbons (Fsp3) is 0.273. The Kier molecular flexibility index (Phi) is 5.99. The van der Waals surface area contributed by atoms with Crippen LogP contribution in [0.1, 0.15) is 28.6 Å². The summed E-state index contributed by atoms with van der Waals surface area (Å²) in [5, 5.41) is 3.03. The smallest absolute Gasteiger partial charge is 0.258 e. The summed E-state index contributed by atoms with van der Waals surface area (Å²) in [5.41, 5.74) is 2.91. The first-order valence-electron chi connectivity index (χ1n) is 9.09. The number of nitrogens with zero attached hydrogens (tertiary/aromatic N) is 2. The van der Waals surface area contributed by atoms with E-state index in [1.165, 1.54) is 0 Å². The van der Waals surface area contributed by atoms with Crippen LogP contribution in [0.25, 0.3) is 0 Å². The third-order valence-electron chi connectivity index (χ3n) is 4.57. The molecule has 0 fully saturated rings. The highest BCUT2D eigenvalue weighted by Gasteiger charge is 2.24.